The fourth-order valence-corrected chi connectivity index (χ4v) is 3.35. The Morgan fingerprint density at radius 3 is 2.76 bits per heavy atom. The molecule has 0 spiro atoms. The lowest BCUT2D eigenvalue weighted by molar-refractivity contribution is -0.141. The minimum atomic E-state index is -0.962. The molecule has 6 nitrogen and oxygen atoms in total. The van der Waals surface area contributed by atoms with E-state index in [1.807, 2.05) is 0 Å². The number of carboxylic acid groups (broad SMARTS) is 1. The molecule has 1 aliphatic rings. The summed E-state index contributed by atoms with van der Waals surface area (Å²) in [4.78, 5) is 33.6. The Morgan fingerprint density at radius 2 is 2.00 bits per heavy atom. The summed E-state index contributed by atoms with van der Waals surface area (Å²) >= 11 is 1.55. The number of rotatable bonds is 2. The predicted octanol–water partition coefficient (Wildman–Crippen LogP) is 1.27. The minimum Gasteiger partial charge on any atom is -0.480 e. The van der Waals surface area contributed by atoms with Crippen molar-refractivity contribution in [2.45, 2.75) is 6.04 Å². The lowest BCUT2D eigenvalue weighted by Gasteiger charge is -2.32. The number of carbonyl (C=O) groups is 2. The van der Waals surface area contributed by atoms with Crippen LogP contribution in [-0.2, 0) is 4.79 Å². The number of thioether (sulfide) groups is 1. The monoisotopic (exact) mass is 303 g/mol. The van der Waals surface area contributed by atoms with E-state index in [1.54, 1.807) is 42.4 Å². The standard InChI is InChI=1S/C14H13N3O3S/c18-13(17-5-6-21-8-12(17)14(19)20)9-1-2-10-11(7-9)16-4-3-15-10/h1-4,7,12H,5-6,8H2,(H,19,20). The second-order valence-corrected chi connectivity index (χ2v) is 5.84. The topological polar surface area (TPSA) is 83.4 Å². The van der Waals surface area contributed by atoms with Gasteiger partial charge in [0.15, 0.2) is 0 Å². The highest BCUT2D eigenvalue weighted by atomic mass is 32.2. The quantitative estimate of drug-likeness (QED) is 0.899. The molecule has 1 aromatic carbocycles. The smallest absolute Gasteiger partial charge is 0.327 e. The summed E-state index contributed by atoms with van der Waals surface area (Å²) in [5.74, 6) is -0.0523. The Labute approximate surface area is 125 Å². The molecule has 21 heavy (non-hydrogen) atoms. The maximum Gasteiger partial charge on any atom is 0.327 e. The molecule has 0 saturated carbocycles. The van der Waals surface area contributed by atoms with Crippen LogP contribution in [0.3, 0.4) is 0 Å². The molecule has 1 fully saturated rings. The van der Waals surface area contributed by atoms with Crippen LogP contribution in [0.25, 0.3) is 11.0 Å². The molecule has 1 unspecified atom stereocenters. The minimum absolute atomic E-state index is 0.268. The maximum atomic E-state index is 12.6. The van der Waals surface area contributed by atoms with E-state index in [0.29, 0.717) is 28.9 Å². The maximum absolute atomic E-state index is 12.6. The van der Waals surface area contributed by atoms with Crippen LogP contribution in [0.1, 0.15) is 10.4 Å². The molecule has 1 saturated heterocycles. The first-order valence-electron chi connectivity index (χ1n) is 6.49. The van der Waals surface area contributed by atoms with Gasteiger partial charge in [0, 0.05) is 36.0 Å². The van der Waals surface area contributed by atoms with E-state index in [1.165, 1.54) is 4.90 Å². The van der Waals surface area contributed by atoms with Crippen molar-refractivity contribution in [3.8, 4) is 0 Å². The van der Waals surface area contributed by atoms with Crippen LogP contribution in [-0.4, -0.2) is 55.9 Å². The van der Waals surface area contributed by atoms with Crippen LogP contribution in [0, 0.1) is 0 Å². The summed E-state index contributed by atoms with van der Waals surface area (Å²) in [5.41, 5.74) is 1.78. The molecule has 7 heteroatoms. The van der Waals surface area contributed by atoms with Crippen LogP contribution >= 0.6 is 11.8 Å². The predicted molar refractivity (Wildman–Crippen MR) is 79.3 cm³/mol. The molecule has 1 aromatic heterocycles. The zero-order valence-electron chi connectivity index (χ0n) is 11.1. The number of hydrogen-bond donors (Lipinski definition) is 1. The number of fused-ring (bicyclic) bond motifs is 1. The second-order valence-electron chi connectivity index (χ2n) is 4.69. The zero-order chi connectivity index (χ0) is 14.8. The number of benzene rings is 1. The van der Waals surface area contributed by atoms with Crippen LogP contribution in [0.15, 0.2) is 30.6 Å². The third kappa shape index (κ3) is 2.69. The van der Waals surface area contributed by atoms with Crippen LogP contribution in [0.4, 0.5) is 0 Å². The summed E-state index contributed by atoms with van der Waals surface area (Å²) in [5, 5.41) is 9.25. The lowest BCUT2D eigenvalue weighted by Crippen LogP contribution is -2.50. The summed E-state index contributed by atoms with van der Waals surface area (Å²) < 4.78 is 0. The van der Waals surface area contributed by atoms with Gasteiger partial charge in [0.1, 0.15) is 6.04 Å². The van der Waals surface area contributed by atoms with Gasteiger partial charge in [-0.2, -0.15) is 11.8 Å². The van der Waals surface area contributed by atoms with Gasteiger partial charge >= 0.3 is 5.97 Å². The van der Waals surface area contributed by atoms with Crippen LogP contribution in [0.5, 0.6) is 0 Å². The Morgan fingerprint density at radius 1 is 1.24 bits per heavy atom. The Kier molecular flexibility index (Phi) is 3.74. The van der Waals surface area contributed by atoms with Gasteiger partial charge in [-0.1, -0.05) is 0 Å². The molecule has 2 aromatic rings. The first-order chi connectivity index (χ1) is 10.2. The van der Waals surface area contributed by atoms with E-state index < -0.39 is 12.0 Å². The fraction of sp³-hybridized carbons (Fsp3) is 0.286. The molecule has 2 heterocycles. The molecule has 0 bridgehead atoms. The fourth-order valence-electron chi connectivity index (χ4n) is 2.31. The zero-order valence-corrected chi connectivity index (χ0v) is 11.9. The lowest BCUT2D eigenvalue weighted by atomic mass is 10.1. The molecule has 1 N–H and O–H groups in total. The van der Waals surface area contributed by atoms with Crippen molar-refractivity contribution in [2.75, 3.05) is 18.1 Å². The average Bonchev–Trinajstić information content (AvgIpc) is 2.53. The third-order valence-electron chi connectivity index (χ3n) is 3.39. The van der Waals surface area contributed by atoms with Crippen LogP contribution < -0.4 is 0 Å². The number of nitrogens with zero attached hydrogens (tertiary/aromatic N) is 3. The normalized spacial score (nSPS) is 18.7. The summed E-state index contributed by atoms with van der Waals surface area (Å²) in [6.07, 6.45) is 3.15. The summed E-state index contributed by atoms with van der Waals surface area (Å²) in [7, 11) is 0. The number of hydrogen-bond acceptors (Lipinski definition) is 5. The summed E-state index contributed by atoms with van der Waals surface area (Å²) in [6, 6.07) is 4.28. The molecule has 1 aliphatic heterocycles. The highest BCUT2D eigenvalue weighted by Crippen LogP contribution is 2.20. The largest absolute Gasteiger partial charge is 0.480 e. The van der Waals surface area contributed by atoms with Crippen molar-refractivity contribution in [3.05, 3.63) is 36.2 Å². The Balaban J connectivity index is 1.93. The number of carboxylic acids is 1. The molecule has 0 radical (unpaired) electrons. The highest BCUT2D eigenvalue weighted by Gasteiger charge is 2.32. The van der Waals surface area contributed by atoms with Crippen molar-refractivity contribution < 1.29 is 14.7 Å². The molecule has 3 rings (SSSR count). The highest BCUT2D eigenvalue weighted by molar-refractivity contribution is 7.99. The SMILES string of the molecule is O=C(O)C1CSCCN1C(=O)c1ccc2nccnc2c1. The molecule has 0 aliphatic carbocycles. The van der Waals surface area contributed by atoms with Crippen molar-refractivity contribution in [1.29, 1.82) is 0 Å². The summed E-state index contributed by atoms with van der Waals surface area (Å²) in [6.45, 7) is 0.443. The van der Waals surface area contributed by atoms with Gasteiger partial charge in [-0.25, -0.2) is 4.79 Å². The Bertz CT molecular complexity index is 707. The van der Waals surface area contributed by atoms with E-state index in [0.717, 1.165) is 5.75 Å². The number of carbonyl (C=O) groups excluding carboxylic acids is 1. The molecular formula is C14H13N3O3S. The van der Waals surface area contributed by atoms with Gasteiger partial charge in [-0.05, 0) is 18.2 Å². The van der Waals surface area contributed by atoms with Gasteiger partial charge in [0.05, 0.1) is 11.0 Å². The van der Waals surface area contributed by atoms with Crippen molar-refractivity contribution >= 4 is 34.7 Å². The molecule has 108 valence electrons. The van der Waals surface area contributed by atoms with E-state index in [-0.39, 0.29) is 5.91 Å². The van der Waals surface area contributed by atoms with Gasteiger partial charge < -0.3 is 10.0 Å². The number of aromatic nitrogens is 2. The van der Waals surface area contributed by atoms with Gasteiger partial charge in [-0.3, -0.25) is 14.8 Å². The third-order valence-corrected chi connectivity index (χ3v) is 4.41. The van der Waals surface area contributed by atoms with Crippen molar-refractivity contribution in [2.24, 2.45) is 0 Å². The van der Waals surface area contributed by atoms with E-state index in [9.17, 15) is 14.7 Å². The van der Waals surface area contributed by atoms with Gasteiger partial charge in [-0.15, -0.1) is 0 Å². The average molecular weight is 303 g/mol. The molecular weight excluding hydrogens is 290 g/mol. The number of aliphatic carboxylic acids is 1. The van der Waals surface area contributed by atoms with Gasteiger partial charge in [0.25, 0.3) is 5.91 Å². The molecule has 1 amide bonds. The Hall–Kier alpha value is -2.15. The first kappa shape index (κ1) is 13.8. The van der Waals surface area contributed by atoms with E-state index in [2.05, 4.69) is 9.97 Å². The van der Waals surface area contributed by atoms with E-state index in [4.69, 9.17) is 0 Å². The van der Waals surface area contributed by atoms with Crippen molar-refractivity contribution in [3.63, 3.8) is 0 Å². The van der Waals surface area contributed by atoms with Gasteiger partial charge in [0.2, 0.25) is 0 Å². The molecule has 1 atom stereocenters. The van der Waals surface area contributed by atoms with E-state index >= 15 is 0 Å². The van der Waals surface area contributed by atoms with Crippen LogP contribution in [0.2, 0.25) is 0 Å². The second kappa shape index (κ2) is 5.69. The first-order valence-corrected chi connectivity index (χ1v) is 7.64. The number of amides is 1. The van der Waals surface area contributed by atoms with Crippen molar-refractivity contribution in [1.82, 2.24) is 14.9 Å².